The predicted octanol–water partition coefficient (Wildman–Crippen LogP) is 4.65. The molecule has 1 aromatic heterocycles. The number of hydrogen-bond acceptors (Lipinski definition) is 4. The standard InChI is InChI=1S/C21H20N4O/c26-21(15-6-13-20(22-14-15)24-18-9-10-18)25-19-11-7-17(8-12-19)23-16-4-2-1-3-5-16/h1-8,11-14,18,23H,9-10H2,(H,22,24)(H,25,26). The molecule has 0 radical (unpaired) electrons. The van der Waals surface area contributed by atoms with Crippen molar-refractivity contribution in [1.29, 1.82) is 0 Å². The quantitative estimate of drug-likeness (QED) is 0.609. The molecule has 0 atom stereocenters. The van der Waals surface area contributed by atoms with E-state index >= 15 is 0 Å². The summed E-state index contributed by atoms with van der Waals surface area (Å²) in [6.45, 7) is 0. The number of nitrogens with one attached hydrogen (secondary N) is 3. The molecule has 1 fully saturated rings. The van der Waals surface area contributed by atoms with Crippen molar-refractivity contribution in [2.24, 2.45) is 0 Å². The lowest BCUT2D eigenvalue weighted by Crippen LogP contribution is -2.12. The number of rotatable bonds is 6. The Morgan fingerprint density at radius 2 is 1.54 bits per heavy atom. The van der Waals surface area contributed by atoms with E-state index in [0.717, 1.165) is 22.9 Å². The van der Waals surface area contributed by atoms with Crippen LogP contribution in [0.5, 0.6) is 0 Å². The summed E-state index contributed by atoms with van der Waals surface area (Å²) in [6, 6.07) is 21.8. The summed E-state index contributed by atoms with van der Waals surface area (Å²) in [5.74, 6) is 0.652. The first-order chi connectivity index (χ1) is 12.8. The summed E-state index contributed by atoms with van der Waals surface area (Å²) >= 11 is 0. The molecule has 3 aromatic rings. The van der Waals surface area contributed by atoms with Gasteiger partial charge in [0, 0.05) is 29.3 Å². The van der Waals surface area contributed by atoms with Crippen LogP contribution >= 0.6 is 0 Å². The van der Waals surface area contributed by atoms with Crippen molar-refractivity contribution in [3.63, 3.8) is 0 Å². The zero-order chi connectivity index (χ0) is 17.8. The van der Waals surface area contributed by atoms with Gasteiger partial charge in [0.1, 0.15) is 5.82 Å². The minimum absolute atomic E-state index is 0.167. The van der Waals surface area contributed by atoms with Gasteiger partial charge >= 0.3 is 0 Å². The van der Waals surface area contributed by atoms with E-state index in [1.165, 1.54) is 12.8 Å². The average Bonchev–Trinajstić information content (AvgIpc) is 3.49. The van der Waals surface area contributed by atoms with Crippen LogP contribution in [0.1, 0.15) is 23.2 Å². The Labute approximate surface area is 152 Å². The minimum atomic E-state index is -0.167. The van der Waals surface area contributed by atoms with E-state index in [9.17, 15) is 4.79 Å². The van der Waals surface area contributed by atoms with Crippen molar-refractivity contribution in [3.05, 3.63) is 78.5 Å². The number of amides is 1. The van der Waals surface area contributed by atoms with Crippen LogP contribution in [-0.2, 0) is 0 Å². The second kappa shape index (κ2) is 7.27. The van der Waals surface area contributed by atoms with Crippen LogP contribution in [0.4, 0.5) is 22.9 Å². The Morgan fingerprint density at radius 1 is 0.846 bits per heavy atom. The van der Waals surface area contributed by atoms with Gasteiger partial charge in [-0.2, -0.15) is 0 Å². The Morgan fingerprint density at radius 3 is 2.19 bits per heavy atom. The summed E-state index contributed by atoms with van der Waals surface area (Å²) in [5.41, 5.74) is 3.27. The Hall–Kier alpha value is -3.34. The summed E-state index contributed by atoms with van der Waals surface area (Å²) in [7, 11) is 0. The van der Waals surface area contributed by atoms with Gasteiger partial charge in [0.25, 0.3) is 5.91 Å². The molecule has 0 saturated heterocycles. The van der Waals surface area contributed by atoms with Crippen molar-refractivity contribution in [2.45, 2.75) is 18.9 Å². The molecule has 5 heteroatoms. The molecule has 0 bridgehead atoms. The molecule has 130 valence electrons. The molecule has 0 spiro atoms. The van der Waals surface area contributed by atoms with Gasteiger partial charge in [0.15, 0.2) is 0 Å². The van der Waals surface area contributed by atoms with Crippen molar-refractivity contribution in [1.82, 2.24) is 4.98 Å². The molecule has 26 heavy (non-hydrogen) atoms. The molecular weight excluding hydrogens is 324 g/mol. The number of carbonyl (C=O) groups excluding carboxylic acids is 1. The van der Waals surface area contributed by atoms with Crippen LogP contribution in [0.3, 0.4) is 0 Å². The van der Waals surface area contributed by atoms with Gasteiger partial charge < -0.3 is 16.0 Å². The number of nitrogens with zero attached hydrogens (tertiary/aromatic N) is 1. The number of anilines is 4. The molecule has 3 N–H and O–H groups in total. The lowest BCUT2D eigenvalue weighted by Gasteiger charge is -2.09. The highest BCUT2D eigenvalue weighted by Gasteiger charge is 2.21. The number of para-hydroxylation sites is 1. The van der Waals surface area contributed by atoms with E-state index < -0.39 is 0 Å². The van der Waals surface area contributed by atoms with Crippen molar-refractivity contribution in [2.75, 3.05) is 16.0 Å². The van der Waals surface area contributed by atoms with Crippen LogP contribution in [0.25, 0.3) is 0 Å². The van der Waals surface area contributed by atoms with E-state index in [-0.39, 0.29) is 5.91 Å². The van der Waals surface area contributed by atoms with Crippen molar-refractivity contribution < 1.29 is 4.79 Å². The van der Waals surface area contributed by atoms with Gasteiger partial charge in [-0.25, -0.2) is 4.98 Å². The lowest BCUT2D eigenvalue weighted by atomic mass is 10.2. The molecule has 5 nitrogen and oxygen atoms in total. The SMILES string of the molecule is O=C(Nc1ccc(Nc2ccccc2)cc1)c1ccc(NC2CC2)nc1. The molecule has 4 rings (SSSR count). The van der Waals surface area contributed by atoms with E-state index in [0.29, 0.717) is 11.6 Å². The smallest absolute Gasteiger partial charge is 0.257 e. The first kappa shape index (κ1) is 16.1. The number of benzene rings is 2. The fourth-order valence-corrected chi connectivity index (χ4v) is 2.58. The van der Waals surface area contributed by atoms with Gasteiger partial charge in [0.2, 0.25) is 0 Å². The van der Waals surface area contributed by atoms with Gasteiger partial charge in [-0.1, -0.05) is 18.2 Å². The van der Waals surface area contributed by atoms with E-state index in [4.69, 9.17) is 0 Å². The molecule has 1 aliphatic carbocycles. The van der Waals surface area contributed by atoms with E-state index in [1.54, 1.807) is 12.3 Å². The maximum atomic E-state index is 12.3. The molecular formula is C21H20N4O. The van der Waals surface area contributed by atoms with Gasteiger partial charge in [-0.15, -0.1) is 0 Å². The maximum Gasteiger partial charge on any atom is 0.257 e. The van der Waals surface area contributed by atoms with E-state index in [2.05, 4.69) is 20.9 Å². The van der Waals surface area contributed by atoms with Gasteiger partial charge in [-0.3, -0.25) is 4.79 Å². The monoisotopic (exact) mass is 344 g/mol. The highest BCUT2D eigenvalue weighted by Crippen LogP contribution is 2.23. The summed E-state index contributed by atoms with van der Waals surface area (Å²) in [4.78, 5) is 16.6. The first-order valence-electron chi connectivity index (χ1n) is 8.72. The van der Waals surface area contributed by atoms with Crippen LogP contribution < -0.4 is 16.0 Å². The van der Waals surface area contributed by atoms with Gasteiger partial charge in [0.05, 0.1) is 5.56 Å². The minimum Gasteiger partial charge on any atom is -0.367 e. The van der Waals surface area contributed by atoms with E-state index in [1.807, 2.05) is 60.7 Å². The molecule has 1 heterocycles. The summed E-state index contributed by atoms with van der Waals surface area (Å²) in [5, 5.41) is 9.52. The highest BCUT2D eigenvalue weighted by molar-refractivity contribution is 6.04. The zero-order valence-electron chi connectivity index (χ0n) is 14.3. The normalized spacial score (nSPS) is 13.1. The number of carbonyl (C=O) groups is 1. The van der Waals surface area contributed by atoms with Crippen molar-refractivity contribution >= 4 is 28.8 Å². The molecule has 1 amide bonds. The van der Waals surface area contributed by atoms with Crippen LogP contribution in [0.15, 0.2) is 72.9 Å². The molecule has 1 saturated carbocycles. The fraction of sp³-hybridized carbons (Fsp3) is 0.143. The predicted molar refractivity (Wildman–Crippen MR) is 105 cm³/mol. The van der Waals surface area contributed by atoms with Gasteiger partial charge in [-0.05, 0) is 61.4 Å². The van der Waals surface area contributed by atoms with Crippen molar-refractivity contribution in [3.8, 4) is 0 Å². The summed E-state index contributed by atoms with van der Waals surface area (Å²) in [6.07, 6.45) is 3.99. The number of pyridine rings is 1. The largest absolute Gasteiger partial charge is 0.367 e. The molecule has 1 aliphatic rings. The zero-order valence-corrected chi connectivity index (χ0v) is 14.3. The number of aromatic nitrogens is 1. The third kappa shape index (κ3) is 4.19. The highest BCUT2D eigenvalue weighted by atomic mass is 16.1. The molecule has 0 aliphatic heterocycles. The lowest BCUT2D eigenvalue weighted by molar-refractivity contribution is 0.102. The molecule has 2 aromatic carbocycles. The third-order valence-corrected chi connectivity index (χ3v) is 4.16. The van der Waals surface area contributed by atoms with Crippen LogP contribution in [0.2, 0.25) is 0 Å². The van der Waals surface area contributed by atoms with Crippen LogP contribution in [-0.4, -0.2) is 16.9 Å². The maximum absolute atomic E-state index is 12.3. The van der Waals surface area contributed by atoms with Crippen LogP contribution in [0, 0.1) is 0 Å². The second-order valence-electron chi connectivity index (χ2n) is 6.37. The Bertz CT molecular complexity index is 872. The topological polar surface area (TPSA) is 66.1 Å². The second-order valence-corrected chi connectivity index (χ2v) is 6.37. The number of hydrogen-bond donors (Lipinski definition) is 3. The average molecular weight is 344 g/mol. The summed E-state index contributed by atoms with van der Waals surface area (Å²) < 4.78 is 0. The first-order valence-corrected chi connectivity index (χ1v) is 8.72. The Balaban J connectivity index is 1.36. The third-order valence-electron chi connectivity index (χ3n) is 4.16. The molecule has 0 unspecified atom stereocenters. The fourth-order valence-electron chi connectivity index (χ4n) is 2.58. The Kier molecular flexibility index (Phi) is 4.51.